The summed E-state index contributed by atoms with van der Waals surface area (Å²) >= 11 is 0. The number of carbonyl (C=O) groups excluding carboxylic acids is 1. The van der Waals surface area contributed by atoms with E-state index >= 15 is 0 Å². The number of ether oxygens (including phenoxy) is 1. The van der Waals surface area contributed by atoms with Crippen LogP contribution in [0.25, 0.3) is 0 Å². The maximum Gasteiger partial charge on any atom is 0.296 e. The zero-order chi connectivity index (χ0) is 14.1. The van der Waals surface area contributed by atoms with Gasteiger partial charge in [-0.1, -0.05) is 0 Å². The van der Waals surface area contributed by atoms with Gasteiger partial charge in [0.2, 0.25) is 0 Å². The first kappa shape index (κ1) is 12.7. The minimum absolute atomic E-state index is 0.00167. The van der Waals surface area contributed by atoms with Crippen LogP contribution in [-0.2, 0) is 4.79 Å². The average Bonchev–Trinajstić information content (AvgIpc) is 2.46. The van der Waals surface area contributed by atoms with Crippen molar-refractivity contribution < 1.29 is 14.5 Å². The van der Waals surface area contributed by atoms with E-state index in [1.165, 1.54) is 6.07 Å². The number of fused-ring (bicyclic) bond motifs is 1. The van der Waals surface area contributed by atoms with Crippen LogP contribution in [0.2, 0.25) is 0 Å². The Hall–Kier alpha value is -2.35. The van der Waals surface area contributed by atoms with Gasteiger partial charge < -0.3 is 20.3 Å². The molecule has 0 spiro atoms. The van der Waals surface area contributed by atoms with E-state index in [1.807, 2.05) is 4.90 Å². The Labute approximate surface area is 114 Å². The van der Waals surface area contributed by atoms with Crippen molar-refractivity contribution in [2.24, 2.45) is 0 Å². The Kier molecular flexibility index (Phi) is 3.15. The SMILES string of the molecule is O=C1COc2cc([N+](=O)[O-])c(N3CCNCC3)cc2N1. The quantitative estimate of drug-likeness (QED) is 0.598. The largest absolute Gasteiger partial charge is 0.481 e. The lowest BCUT2D eigenvalue weighted by atomic mass is 10.1. The van der Waals surface area contributed by atoms with Crippen molar-refractivity contribution in [3.05, 3.63) is 22.2 Å². The molecule has 0 unspecified atom stereocenters. The molecule has 0 bridgehead atoms. The molecule has 1 amide bonds. The Morgan fingerprint density at radius 2 is 2.05 bits per heavy atom. The highest BCUT2D eigenvalue weighted by Gasteiger charge is 2.27. The van der Waals surface area contributed by atoms with E-state index in [4.69, 9.17) is 4.74 Å². The summed E-state index contributed by atoms with van der Waals surface area (Å²) in [6, 6.07) is 3.00. The zero-order valence-corrected chi connectivity index (χ0v) is 10.7. The van der Waals surface area contributed by atoms with Gasteiger partial charge in [0, 0.05) is 26.2 Å². The van der Waals surface area contributed by atoms with E-state index in [2.05, 4.69) is 10.6 Å². The summed E-state index contributed by atoms with van der Waals surface area (Å²) in [5.74, 6) is 0.0906. The molecular weight excluding hydrogens is 264 g/mol. The molecule has 0 aromatic heterocycles. The number of nitro groups is 1. The van der Waals surface area contributed by atoms with Gasteiger partial charge in [0.05, 0.1) is 16.7 Å². The number of anilines is 2. The van der Waals surface area contributed by atoms with Crippen molar-refractivity contribution in [1.29, 1.82) is 0 Å². The summed E-state index contributed by atoms with van der Waals surface area (Å²) in [6.07, 6.45) is 0. The number of amides is 1. The fourth-order valence-corrected chi connectivity index (χ4v) is 2.41. The first-order valence-corrected chi connectivity index (χ1v) is 6.36. The molecule has 1 aromatic carbocycles. The second kappa shape index (κ2) is 4.97. The van der Waals surface area contributed by atoms with E-state index in [0.29, 0.717) is 30.2 Å². The van der Waals surface area contributed by atoms with Crippen LogP contribution in [-0.4, -0.2) is 43.6 Å². The van der Waals surface area contributed by atoms with Gasteiger partial charge in [-0.3, -0.25) is 14.9 Å². The molecule has 1 saturated heterocycles. The standard InChI is InChI=1S/C12H14N4O4/c17-12-7-20-11-6-10(16(18)19)9(5-8(11)14-12)15-3-1-13-2-4-15/h5-6,13H,1-4,7H2,(H,14,17). The number of nitro benzene ring substituents is 1. The van der Waals surface area contributed by atoms with Crippen molar-refractivity contribution >= 4 is 23.0 Å². The summed E-state index contributed by atoms with van der Waals surface area (Å²) in [6.45, 7) is 2.81. The fourth-order valence-electron chi connectivity index (χ4n) is 2.41. The maximum atomic E-state index is 11.3. The third kappa shape index (κ3) is 2.25. The van der Waals surface area contributed by atoms with E-state index in [1.54, 1.807) is 6.07 Å². The van der Waals surface area contributed by atoms with Crippen molar-refractivity contribution in [2.45, 2.75) is 0 Å². The van der Waals surface area contributed by atoms with Crippen LogP contribution in [0.5, 0.6) is 5.75 Å². The van der Waals surface area contributed by atoms with Gasteiger partial charge in [-0.05, 0) is 6.07 Å². The Morgan fingerprint density at radius 1 is 1.30 bits per heavy atom. The third-order valence-corrected chi connectivity index (χ3v) is 3.36. The highest BCUT2D eigenvalue weighted by Crippen LogP contribution is 2.39. The molecule has 2 aliphatic rings. The van der Waals surface area contributed by atoms with Crippen molar-refractivity contribution in [3.8, 4) is 5.75 Å². The van der Waals surface area contributed by atoms with Crippen LogP contribution in [0.3, 0.4) is 0 Å². The molecule has 2 heterocycles. The second-order valence-electron chi connectivity index (χ2n) is 4.67. The second-order valence-corrected chi connectivity index (χ2v) is 4.67. The first-order chi connectivity index (χ1) is 9.65. The Morgan fingerprint density at radius 3 is 2.75 bits per heavy atom. The number of carbonyl (C=O) groups is 1. The number of hydrogen-bond donors (Lipinski definition) is 2. The van der Waals surface area contributed by atoms with E-state index in [9.17, 15) is 14.9 Å². The number of nitrogens with one attached hydrogen (secondary N) is 2. The van der Waals surface area contributed by atoms with Gasteiger partial charge in [-0.25, -0.2) is 0 Å². The average molecular weight is 278 g/mol. The lowest BCUT2D eigenvalue weighted by Gasteiger charge is -2.30. The molecule has 2 N–H and O–H groups in total. The topological polar surface area (TPSA) is 96.7 Å². The number of piperazine rings is 1. The Balaban J connectivity index is 2.03. The third-order valence-electron chi connectivity index (χ3n) is 3.36. The van der Waals surface area contributed by atoms with Crippen LogP contribution in [0.15, 0.2) is 12.1 Å². The predicted octanol–water partition coefficient (Wildman–Crippen LogP) is 0.335. The van der Waals surface area contributed by atoms with E-state index in [-0.39, 0.29) is 18.2 Å². The fraction of sp³-hybridized carbons (Fsp3) is 0.417. The minimum atomic E-state index is -0.419. The summed E-state index contributed by atoms with van der Waals surface area (Å²) in [5.41, 5.74) is 1.00. The van der Waals surface area contributed by atoms with Crippen LogP contribution in [0.4, 0.5) is 17.1 Å². The van der Waals surface area contributed by atoms with Gasteiger partial charge >= 0.3 is 0 Å². The molecule has 3 rings (SSSR count). The molecule has 106 valence electrons. The molecule has 0 aliphatic carbocycles. The predicted molar refractivity (Wildman–Crippen MR) is 72.3 cm³/mol. The normalized spacial score (nSPS) is 18.0. The molecule has 1 fully saturated rings. The molecule has 8 nitrogen and oxygen atoms in total. The number of benzene rings is 1. The molecule has 0 saturated carbocycles. The number of hydrogen-bond acceptors (Lipinski definition) is 6. The van der Waals surface area contributed by atoms with Gasteiger partial charge in [0.1, 0.15) is 5.69 Å². The summed E-state index contributed by atoms with van der Waals surface area (Å²) in [7, 11) is 0. The van der Waals surface area contributed by atoms with Crippen molar-refractivity contribution in [3.63, 3.8) is 0 Å². The van der Waals surface area contributed by atoms with Gasteiger partial charge in [0.25, 0.3) is 11.6 Å². The maximum absolute atomic E-state index is 11.3. The smallest absolute Gasteiger partial charge is 0.296 e. The summed E-state index contributed by atoms with van der Waals surface area (Å²) in [5, 5.41) is 17.1. The molecule has 8 heteroatoms. The van der Waals surface area contributed by atoms with E-state index < -0.39 is 4.92 Å². The number of nitrogens with zero attached hydrogens (tertiary/aromatic N) is 2. The van der Waals surface area contributed by atoms with Crippen LogP contribution >= 0.6 is 0 Å². The first-order valence-electron chi connectivity index (χ1n) is 6.36. The summed E-state index contributed by atoms with van der Waals surface area (Å²) in [4.78, 5) is 24.1. The lowest BCUT2D eigenvalue weighted by Crippen LogP contribution is -2.43. The zero-order valence-electron chi connectivity index (χ0n) is 10.7. The van der Waals surface area contributed by atoms with Crippen LogP contribution in [0, 0.1) is 10.1 Å². The number of rotatable bonds is 2. The van der Waals surface area contributed by atoms with Crippen LogP contribution < -0.4 is 20.3 Å². The highest BCUT2D eigenvalue weighted by atomic mass is 16.6. The van der Waals surface area contributed by atoms with Crippen molar-refractivity contribution in [1.82, 2.24) is 5.32 Å². The molecular formula is C12H14N4O4. The highest BCUT2D eigenvalue weighted by molar-refractivity contribution is 5.96. The summed E-state index contributed by atoms with van der Waals surface area (Å²) < 4.78 is 5.22. The van der Waals surface area contributed by atoms with Gasteiger partial charge in [0.15, 0.2) is 12.4 Å². The molecule has 20 heavy (non-hydrogen) atoms. The van der Waals surface area contributed by atoms with E-state index in [0.717, 1.165) is 13.1 Å². The monoisotopic (exact) mass is 278 g/mol. The van der Waals surface area contributed by atoms with Gasteiger partial charge in [-0.15, -0.1) is 0 Å². The molecule has 0 radical (unpaired) electrons. The van der Waals surface area contributed by atoms with Crippen molar-refractivity contribution in [2.75, 3.05) is 43.0 Å². The minimum Gasteiger partial charge on any atom is -0.481 e. The lowest BCUT2D eigenvalue weighted by molar-refractivity contribution is -0.384. The Bertz CT molecular complexity index is 569. The van der Waals surface area contributed by atoms with Gasteiger partial charge in [-0.2, -0.15) is 0 Å². The van der Waals surface area contributed by atoms with Crippen LogP contribution in [0.1, 0.15) is 0 Å². The molecule has 1 aromatic rings. The molecule has 2 aliphatic heterocycles. The molecule has 0 atom stereocenters.